The van der Waals surface area contributed by atoms with E-state index in [0.29, 0.717) is 25.4 Å². The van der Waals surface area contributed by atoms with Crippen LogP contribution in [0, 0.1) is 11.3 Å². The zero-order valence-electron chi connectivity index (χ0n) is 13.3. The molecule has 1 saturated heterocycles. The van der Waals surface area contributed by atoms with Crippen molar-refractivity contribution in [1.82, 2.24) is 5.32 Å². The van der Waals surface area contributed by atoms with E-state index >= 15 is 0 Å². The van der Waals surface area contributed by atoms with Gasteiger partial charge in [0.05, 0.1) is 19.3 Å². The van der Waals surface area contributed by atoms with Crippen LogP contribution in [0.3, 0.4) is 0 Å². The molecule has 20 heavy (non-hydrogen) atoms. The molecule has 0 aromatic heterocycles. The first-order valence-electron chi connectivity index (χ1n) is 8.09. The van der Waals surface area contributed by atoms with E-state index in [0.717, 1.165) is 32.1 Å². The van der Waals surface area contributed by atoms with E-state index in [4.69, 9.17) is 14.2 Å². The van der Waals surface area contributed by atoms with Gasteiger partial charge in [0.1, 0.15) is 0 Å². The van der Waals surface area contributed by atoms with Gasteiger partial charge in [-0.25, -0.2) is 0 Å². The molecule has 1 heterocycles. The van der Waals surface area contributed by atoms with E-state index < -0.39 is 0 Å². The van der Waals surface area contributed by atoms with Gasteiger partial charge in [0.15, 0.2) is 0 Å². The van der Waals surface area contributed by atoms with Gasteiger partial charge in [0.25, 0.3) is 0 Å². The van der Waals surface area contributed by atoms with Crippen LogP contribution >= 0.6 is 0 Å². The largest absolute Gasteiger partial charge is 0.382 e. The van der Waals surface area contributed by atoms with Crippen LogP contribution in [-0.2, 0) is 14.2 Å². The fourth-order valence-corrected chi connectivity index (χ4v) is 3.22. The number of methoxy groups -OCH3 is 1. The van der Waals surface area contributed by atoms with Crippen LogP contribution in [0.5, 0.6) is 0 Å². The molecule has 2 rings (SSSR count). The van der Waals surface area contributed by atoms with Crippen molar-refractivity contribution in [3.05, 3.63) is 0 Å². The molecule has 118 valence electrons. The van der Waals surface area contributed by atoms with Gasteiger partial charge in [0, 0.05) is 38.3 Å². The number of hydrogen-bond acceptors (Lipinski definition) is 4. The highest BCUT2D eigenvalue weighted by atomic mass is 16.5. The summed E-state index contributed by atoms with van der Waals surface area (Å²) in [6.45, 7) is 8.59. The molecule has 0 bridgehead atoms. The first-order valence-corrected chi connectivity index (χ1v) is 8.09. The summed E-state index contributed by atoms with van der Waals surface area (Å²) in [4.78, 5) is 0. The molecule has 4 heteroatoms. The van der Waals surface area contributed by atoms with Gasteiger partial charge in [-0.15, -0.1) is 0 Å². The summed E-state index contributed by atoms with van der Waals surface area (Å²) >= 11 is 0. The summed E-state index contributed by atoms with van der Waals surface area (Å²) in [5, 5.41) is 3.63. The second kappa shape index (κ2) is 7.74. The number of nitrogens with one attached hydrogen (secondary N) is 1. The number of ether oxygens (including phenoxy) is 3. The lowest BCUT2D eigenvalue weighted by molar-refractivity contribution is 0.00128. The van der Waals surface area contributed by atoms with Crippen molar-refractivity contribution < 1.29 is 14.2 Å². The predicted octanol–water partition coefficient (Wildman–Crippen LogP) is 2.22. The average Bonchev–Trinajstić information content (AvgIpc) is 3.18. The maximum absolute atomic E-state index is 6.08. The van der Waals surface area contributed by atoms with Gasteiger partial charge in [-0.2, -0.15) is 0 Å². The molecule has 1 saturated carbocycles. The summed E-state index contributed by atoms with van der Waals surface area (Å²) in [7, 11) is 1.71. The fraction of sp³-hybridized carbons (Fsp3) is 1.00. The molecule has 0 aromatic rings. The van der Waals surface area contributed by atoms with Crippen LogP contribution in [0.15, 0.2) is 0 Å². The van der Waals surface area contributed by atoms with E-state index in [1.807, 2.05) is 0 Å². The maximum atomic E-state index is 6.08. The van der Waals surface area contributed by atoms with Crippen LogP contribution < -0.4 is 5.32 Å². The highest BCUT2D eigenvalue weighted by Gasteiger charge is 2.50. The fourth-order valence-electron chi connectivity index (χ4n) is 3.22. The molecular weight excluding hydrogens is 254 g/mol. The van der Waals surface area contributed by atoms with Crippen molar-refractivity contribution in [2.24, 2.45) is 11.3 Å². The Hall–Kier alpha value is -0.160. The van der Waals surface area contributed by atoms with Gasteiger partial charge in [-0.05, 0) is 31.6 Å². The normalized spacial score (nSPS) is 30.3. The predicted molar refractivity (Wildman–Crippen MR) is 80.0 cm³/mol. The average molecular weight is 285 g/mol. The van der Waals surface area contributed by atoms with E-state index in [1.165, 1.54) is 19.3 Å². The second-order valence-corrected chi connectivity index (χ2v) is 6.63. The van der Waals surface area contributed by atoms with Crippen LogP contribution in [0.2, 0.25) is 0 Å². The van der Waals surface area contributed by atoms with Gasteiger partial charge in [0.2, 0.25) is 0 Å². The Kier molecular flexibility index (Phi) is 6.27. The molecule has 0 radical (unpaired) electrons. The van der Waals surface area contributed by atoms with E-state index in [2.05, 4.69) is 19.2 Å². The van der Waals surface area contributed by atoms with Crippen molar-refractivity contribution >= 4 is 0 Å². The molecular formula is C16H31NO3. The lowest BCUT2D eigenvalue weighted by Crippen LogP contribution is -2.44. The Morgan fingerprint density at radius 1 is 1.25 bits per heavy atom. The van der Waals surface area contributed by atoms with Gasteiger partial charge >= 0.3 is 0 Å². The summed E-state index contributed by atoms with van der Waals surface area (Å²) < 4.78 is 16.8. The zero-order valence-corrected chi connectivity index (χ0v) is 13.3. The standard InChI is InChI=1S/C16H31NO3/c1-13(2)17-12-16(6-8-19-11-10-18-3)7-9-20-15(16)14-4-5-14/h13-15,17H,4-12H2,1-3H3. The number of rotatable bonds is 10. The van der Waals surface area contributed by atoms with E-state index in [1.54, 1.807) is 7.11 Å². The monoisotopic (exact) mass is 285 g/mol. The molecule has 0 amide bonds. The number of hydrogen-bond donors (Lipinski definition) is 1. The maximum Gasteiger partial charge on any atom is 0.0700 e. The van der Waals surface area contributed by atoms with E-state index in [9.17, 15) is 0 Å². The van der Waals surface area contributed by atoms with Crippen molar-refractivity contribution in [2.75, 3.05) is 40.1 Å². The molecule has 4 nitrogen and oxygen atoms in total. The molecule has 0 aromatic carbocycles. The van der Waals surface area contributed by atoms with Crippen molar-refractivity contribution in [3.63, 3.8) is 0 Å². The highest BCUT2D eigenvalue weighted by molar-refractivity contribution is 5.00. The summed E-state index contributed by atoms with van der Waals surface area (Å²) in [6, 6.07) is 0.529. The summed E-state index contributed by atoms with van der Waals surface area (Å²) in [5.74, 6) is 0.797. The Balaban J connectivity index is 1.85. The minimum absolute atomic E-state index is 0.276. The lowest BCUT2D eigenvalue weighted by Gasteiger charge is -2.35. The topological polar surface area (TPSA) is 39.7 Å². The van der Waals surface area contributed by atoms with Crippen LogP contribution in [-0.4, -0.2) is 52.2 Å². The van der Waals surface area contributed by atoms with Crippen LogP contribution in [0.1, 0.15) is 39.5 Å². The first kappa shape index (κ1) is 16.2. The van der Waals surface area contributed by atoms with Crippen molar-refractivity contribution in [2.45, 2.75) is 51.7 Å². The Bertz CT molecular complexity index is 281. The lowest BCUT2D eigenvalue weighted by atomic mass is 9.76. The van der Waals surface area contributed by atoms with Gasteiger partial charge < -0.3 is 19.5 Å². The van der Waals surface area contributed by atoms with Crippen LogP contribution in [0.25, 0.3) is 0 Å². The summed E-state index contributed by atoms with van der Waals surface area (Å²) in [6.07, 6.45) is 5.40. The quantitative estimate of drug-likeness (QED) is 0.625. The smallest absolute Gasteiger partial charge is 0.0700 e. The third kappa shape index (κ3) is 4.42. The zero-order chi connectivity index (χ0) is 14.4. The third-order valence-electron chi connectivity index (χ3n) is 4.59. The van der Waals surface area contributed by atoms with E-state index in [-0.39, 0.29) is 5.41 Å². The second-order valence-electron chi connectivity index (χ2n) is 6.63. The Morgan fingerprint density at radius 3 is 2.70 bits per heavy atom. The molecule has 1 N–H and O–H groups in total. The molecule has 2 atom stereocenters. The minimum atomic E-state index is 0.276. The molecule has 2 fully saturated rings. The van der Waals surface area contributed by atoms with Gasteiger partial charge in [-0.1, -0.05) is 13.8 Å². The first-order chi connectivity index (χ1) is 9.68. The molecule has 2 unspecified atom stereocenters. The molecule has 0 spiro atoms. The molecule has 2 aliphatic rings. The van der Waals surface area contributed by atoms with Crippen LogP contribution in [0.4, 0.5) is 0 Å². The minimum Gasteiger partial charge on any atom is -0.382 e. The molecule has 1 aliphatic carbocycles. The highest BCUT2D eigenvalue weighted by Crippen LogP contribution is 2.49. The Morgan fingerprint density at radius 2 is 2.05 bits per heavy atom. The van der Waals surface area contributed by atoms with Crippen molar-refractivity contribution in [3.8, 4) is 0 Å². The molecule has 1 aliphatic heterocycles. The van der Waals surface area contributed by atoms with Gasteiger partial charge in [-0.3, -0.25) is 0 Å². The van der Waals surface area contributed by atoms with Crippen molar-refractivity contribution in [1.29, 1.82) is 0 Å². The third-order valence-corrected chi connectivity index (χ3v) is 4.59. The Labute approximate surface area is 123 Å². The SMILES string of the molecule is COCCOCCC1(CNC(C)C)CCOC1C1CC1. The summed E-state index contributed by atoms with van der Waals surface area (Å²) in [5.41, 5.74) is 0.276.